The van der Waals surface area contributed by atoms with Crippen LogP contribution in [0.15, 0.2) is 72.2 Å². The number of fused-ring (bicyclic) bond motifs is 1. The van der Waals surface area contributed by atoms with Crippen LogP contribution in [0.5, 0.6) is 0 Å². The Kier molecular flexibility index (Phi) is 13.3. The van der Waals surface area contributed by atoms with E-state index in [1.54, 1.807) is 11.3 Å². The molecule has 4 rings (SSSR count). The van der Waals surface area contributed by atoms with Crippen molar-refractivity contribution in [3.05, 3.63) is 88.9 Å². The molecule has 0 fully saturated rings. The molecular formula is C32H41IrN4S. The predicted octanol–water partition coefficient (Wildman–Crippen LogP) is 9.38. The Morgan fingerprint density at radius 2 is 1.39 bits per heavy atom. The van der Waals surface area contributed by atoms with E-state index in [4.69, 9.17) is 10.6 Å². The minimum absolute atomic E-state index is 0. The summed E-state index contributed by atoms with van der Waals surface area (Å²) in [5, 5.41) is 12.7. The maximum Gasteiger partial charge on any atom is 3.00 e. The standard InChI is InChI=1S/C19H12NS.C13H29N3.Ir/c1-2-4-14(5-3-1)15-6-8-16(9-7-15)19-17-11-13-21-18(17)10-12-20-19;1-9(2)14-13(15-10(3)4)16(11(5)6)12(7)8;/h1-8,10-13H;9-13H,1-8H3;/q-1;-2;+3. The molecule has 4 aromatic rings. The molecule has 0 saturated heterocycles. The smallest absolute Gasteiger partial charge is 0.663 e. The van der Waals surface area contributed by atoms with Gasteiger partial charge in [-0.05, 0) is 50.2 Å². The van der Waals surface area contributed by atoms with Crippen molar-refractivity contribution in [2.45, 2.75) is 85.8 Å². The normalized spacial score (nSPS) is 11.5. The second-order valence-electron chi connectivity index (χ2n) is 10.3. The molecular weight excluding hydrogens is 665 g/mol. The van der Waals surface area contributed by atoms with E-state index in [0.717, 1.165) is 11.3 Å². The quantitative estimate of drug-likeness (QED) is 0.163. The average Bonchev–Trinajstić information content (AvgIpc) is 3.33. The summed E-state index contributed by atoms with van der Waals surface area (Å²) in [5.74, 6) is 0. The molecule has 2 heterocycles. The van der Waals surface area contributed by atoms with Crippen LogP contribution in [0.2, 0.25) is 0 Å². The van der Waals surface area contributed by atoms with Gasteiger partial charge in [-0.1, -0.05) is 75.2 Å². The fourth-order valence-electron chi connectivity index (χ4n) is 4.35. The van der Waals surface area contributed by atoms with Crippen LogP contribution >= 0.6 is 11.3 Å². The topological polar surface area (TPSA) is 44.3 Å². The van der Waals surface area contributed by atoms with Gasteiger partial charge in [-0.15, -0.1) is 53.2 Å². The van der Waals surface area contributed by atoms with Gasteiger partial charge in [0.05, 0.1) is 0 Å². The molecule has 0 N–H and O–H groups in total. The molecule has 0 atom stereocenters. The van der Waals surface area contributed by atoms with Gasteiger partial charge in [0.25, 0.3) is 0 Å². The van der Waals surface area contributed by atoms with Gasteiger partial charge in [0.15, 0.2) is 0 Å². The van der Waals surface area contributed by atoms with Gasteiger partial charge in [0.2, 0.25) is 0 Å². The van der Waals surface area contributed by atoms with Crippen molar-refractivity contribution < 1.29 is 20.1 Å². The number of benzene rings is 2. The minimum atomic E-state index is -0.000000000000000444. The zero-order chi connectivity index (χ0) is 26.9. The first kappa shape index (κ1) is 32.3. The number of thiophene rings is 1. The first-order valence-corrected chi connectivity index (χ1v) is 14.1. The van der Waals surface area contributed by atoms with Gasteiger partial charge in [0, 0.05) is 23.0 Å². The summed E-state index contributed by atoms with van der Waals surface area (Å²) in [6.07, 6.45) is 1.87. The van der Waals surface area contributed by atoms with Crippen LogP contribution in [0.3, 0.4) is 0 Å². The summed E-state index contributed by atoms with van der Waals surface area (Å²) in [4.78, 5) is 6.89. The SMILES string of the molecule is CC(C)[N-]C([N-]C(C)C)N(C(C)C)C(C)C.[Ir+3].[c-]1cc(-c2ccccc2)ccc1-c1nccc2sccc12. The second-order valence-corrected chi connectivity index (χ2v) is 11.3. The van der Waals surface area contributed by atoms with E-state index in [0.29, 0.717) is 24.2 Å². The van der Waals surface area contributed by atoms with E-state index >= 15 is 0 Å². The maximum absolute atomic E-state index is 4.72. The fraction of sp³-hybridized carbons (Fsp3) is 0.406. The molecule has 0 saturated carbocycles. The second kappa shape index (κ2) is 15.6. The largest absolute Gasteiger partial charge is 3.00 e. The molecule has 0 unspecified atom stereocenters. The Morgan fingerprint density at radius 1 is 0.763 bits per heavy atom. The molecule has 38 heavy (non-hydrogen) atoms. The van der Waals surface area contributed by atoms with Crippen LogP contribution in [0.1, 0.15) is 55.4 Å². The zero-order valence-corrected chi connectivity index (χ0v) is 27.1. The van der Waals surface area contributed by atoms with Gasteiger partial charge < -0.3 is 20.5 Å². The molecule has 0 aliphatic rings. The van der Waals surface area contributed by atoms with Crippen molar-refractivity contribution in [2.24, 2.45) is 0 Å². The van der Waals surface area contributed by atoms with Crippen LogP contribution < -0.4 is 0 Å². The number of aromatic nitrogens is 1. The van der Waals surface area contributed by atoms with E-state index < -0.39 is 0 Å². The van der Waals surface area contributed by atoms with Gasteiger partial charge in [-0.3, -0.25) is 0 Å². The Hall–Kier alpha value is -1.92. The molecule has 4 nitrogen and oxygen atoms in total. The Morgan fingerprint density at radius 3 is 1.92 bits per heavy atom. The summed E-state index contributed by atoms with van der Waals surface area (Å²) in [7, 11) is 0. The maximum atomic E-state index is 4.72. The van der Waals surface area contributed by atoms with Gasteiger partial charge >= 0.3 is 20.1 Å². The fourth-order valence-corrected chi connectivity index (χ4v) is 5.13. The van der Waals surface area contributed by atoms with Crippen molar-refractivity contribution in [2.75, 3.05) is 0 Å². The van der Waals surface area contributed by atoms with E-state index in [1.165, 1.54) is 21.2 Å². The van der Waals surface area contributed by atoms with Crippen molar-refractivity contribution in [3.63, 3.8) is 0 Å². The number of pyridine rings is 1. The summed E-state index contributed by atoms with van der Waals surface area (Å²) in [5.41, 5.74) is 4.44. The van der Waals surface area contributed by atoms with Gasteiger partial charge in [0.1, 0.15) is 0 Å². The van der Waals surface area contributed by atoms with E-state index in [2.05, 4.69) is 125 Å². The third-order valence-electron chi connectivity index (χ3n) is 5.88. The molecule has 0 aliphatic carbocycles. The van der Waals surface area contributed by atoms with E-state index in [1.807, 2.05) is 18.3 Å². The number of hydrogen-bond donors (Lipinski definition) is 0. The minimum Gasteiger partial charge on any atom is -0.663 e. The molecule has 0 radical (unpaired) electrons. The van der Waals surface area contributed by atoms with E-state index in [-0.39, 0.29) is 26.4 Å². The van der Waals surface area contributed by atoms with Crippen molar-refractivity contribution >= 4 is 21.4 Å². The molecule has 0 aliphatic heterocycles. The number of hydrogen-bond acceptors (Lipinski definition) is 3. The van der Waals surface area contributed by atoms with Crippen molar-refractivity contribution in [3.8, 4) is 22.4 Å². The van der Waals surface area contributed by atoms with Crippen LogP contribution in [-0.4, -0.2) is 40.3 Å². The Labute approximate surface area is 247 Å². The molecule has 0 amide bonds. The summed E-state index contributed by atoms with van der Waals surface area (Å²) in [6.45, 7) is 17.3. The monoisotopic (exact) mass is 706 g/mol. The first-order chi connectivity index (χ1) is 17.7. The first-order valence-electron chi connectivity index (χ1n) is 13.2. The summed E-state index contributed by atoms with van der Waals surface area (Å²) < 4.78 is 1.26. The van der Waals surface area contributed by atoms with Gasteiger partial charge in [-0.25, -0.2) is 0 Å². The Bertz CT molecular complexity index is 1190. The van der Waals surface area contributed by atoms with Crippen LogP contribution in [0.25, 0.3) is 43.1 Å². The van der Waals surface area contributed by atoms with Crippen molar-refractivity contribution in [1.82, 2.24) is 9.88 Å². The van der Waals surface area contributed by atoms with Crippen molar-refractivity contribution in [1.29, 1.82) is 0 Å². The molecule has 2 aromatic carbocycles. The molecule has 204 valence electrons. The van der Waals surface area contributed by atoms with Crippen LogP contribution in [0, 0.1) is 6.07 Å². The van der Waals surface area contributed by atoms with E-state index in [9.17, 15) is 0 Å². The molecule has 0 bridgehead atoms. The summed E-state index contributed by atoms with van der Waals surface area (Å²) >= 11 is 1.74. The van der Waals surface area contributed by atoms with Crippen LogP contribution in [0.4, 0.5) is 0 Å². The average molecular weight is 706 g/mol. The number of rotatable bonds is 9. The predicted molar refractivity (Wildman–Crippen MR) is 162 cm³/mol. The third-order valence-corrected chi connectivity index (χ3v) is 6.76. The Balaban J connectivity index is 0.000000272. The molecule has 0 spiro atoms. The molecule has 6 heteroatoms. The molecule has 2 aromatic heterocycles. The van der Waals surface area contributed by atoms with Crippen LogP contribution in [-0.2, 0) is 20.1 Å². The summed E-state index contributed by atoms with van der Waals surface area (Å²) in [6, 6.07) is 25.8. The van der Waals surface area contributed by atoms with Gasteiger partial charge in [-0.2, -0.15) is 6.29 Å². The number of nitrogens with zero attached hydrogens (tertiary/aromatic N) is 4. The third kappa shape index (κ3) is 9.08. The zero-order valence-electron chi connectivity index (χ0n) is 23.8.